The first-order chi connectivity index (χ1) is 12.6. The Hall–Kier alpha value is -2.44. The maximum Gasteiger partial charge on any atom is 0.262 e. The molecule has 0 spiro atoms. The number of aromatic nitrogens is 2. The molecule has 3 aromatic rings. The molecule has 0 aliphatic rings. The molecule has 26 heavy (non-hydrogen) atoms. The Bertz CT molecular complexity index is 970. The molecule has 0 saturated heterocycles. The van der Waals surface area contributed by atoms with Crippen LogP contribution in [0.5, 0.6) is 0 Å². The van der Waals surface area contributed by atoms with Crippen LogP contribution in [-0.2, 0) is 4.74 Å². The molecule has 3 rings (SSSR count). The first kappa shape index (κ1) is 18.4. The normalized spacial score (nSPS) is 12.2. The smallest absolute Gasteiger partial charge is 0.262 e. The highest BCUT2D eigenvalue weighted by molar-refractivity contribution is 7.99. The molecule has 5 nitrogen and oxygen atoms in total. The Labute approximate surface area is 156 Å². The van der Waals surface area contributed by atoms with E-state index in [1.165, 1.54) is 11.8 Å². The van der Waals surface area contributed by atoms with Crippen molar-refractivity contribution in [1.29, 1.82) is 0 Å². The third-order valence-electron chi connectivity index (χ3n) is 4.05. The first-order valence-corrected chi connectivity index (χ1v) is 9.31. The van der Waals surface area contributed by atoms with Crippen LogP contribution < -0.4 is 5.56 Å². The second-order valence-corrected chi connectivity index (χ2v) is 6.91. The fourth-order valence-corrected chi connectivity index (χ4v) is 3.76. The zero-order valence-electron chi connectivity index (χ0n) is 14.7. The minimum Gasteiger partial charge on any atom is -0.383 e. The Morgan fingerprint density at radius 3 is 2.58 bits per heavy atom. The summed E-state index contributed by atoms with van der Waals surface area (Å²) in [4.78, 5) is 30.0. The summed E-state index contributed by atoms with van der Waals surface area (Å²) in [6.45, 7) is 2.30. The number of thioether (sulfide) groups is 1. The molecule has 134 valence electrons. The summed E-state index contributed by atoms with van der Waals surface area (Å²) < 4.78 is 6.83. The van der Waals surface area contributed by atoms with E-state index in [9.17, 15) is 9.59 Å². The van der Waals surface area contributed by atoms with Gasteiger partial charge in [-0.25, -0.2) is 4.98 Å². The Kier molecular flexibility index (Phi) is 5.85. The summed E-state index contributed by atoms with van der Waals surface area (Å²) in [6.07, 6.45) is 0. The van der Waals surface area contributed by atoms with Gasteiger partial charge in [-0.15, -0.1) is 0 Å². The van der Waals surface area contributed by atoms with Crippen LogP contribution in [-0.4, -0.2) is 34.8 Å². The van der Waals surface area contributed by atoms with Gasteiger partial charge >= 0.3 is 0 Å². The summed E-state index contributed by atoms with van der Waals surface area (Å²) in [5.41, 5.74) is 1.17. The van der Waals surface area contributed by atoms with Crippen LogP contribution in [0.1, 0.15) is 23.3 Å². The Balaban J connectivity index is 1.96. The molecule has 0 amide bonds. The third kappa shape index (κ3) is 3.86. The van der Waals surface area contributed by atoms with Crippen molar-refractivity contribution in [2.45, 2.75) is 18.1 Å². The lowest BCUT2D eigenvalue weighted by Crippen LogP contribution is -2.28. The largest absolute Gasteiger partial charge is 0.383 e. The monoisotopic (exact) mass is 368 g/mol. The highest BCUT2D eigenvalue weighted by Gasteiger charge is 2.17. The van der Waals surface area contributed by atoms with Gasteiger partial charge in [-0.05, 0) is 19.1 Å². The first-order valence-electron chi connectivity index (χ1n) is 8.33. The average Bonchev–Trinajstić information content (AvgIpc) is 2.67. The molecule has 0 radical (unpaired) electrons. The van der Waals surface area contributed by atoms with E-state index in [1.54, 1.807) is 29.9 Å². The molecule has 2 aromatic carbocycles. The van der Waals surface area contributed by atoms with E-state index in [0.717, 1.165) is 0 Å². The lowest BCUT2D eigenvalue weighted by molar-refractivity contribution is 0.102. The molecular weight excluding hydrogens is 348 g/mol. The van der Waals surface area contributed by atoms with Crippen molar-refractivity contribution in [3.8, 4) is 0 Å². The van der Waals surface area contributed by atoms with Crippen molar-refractivity contribution >= 4 is 28.4 Å². The summed E-state index contributed by atoms with van der Waals surface area (Å²) in [5.74, 6) is 0.220. The zero-order valence-corrected chi connectivity index (χ0v) is 15.5. The second kappa shape index (κ2) is 8.29. The number of benzene rings is 2. The number of nitrogens with zero attached hydrogens (tertiary/aromatic N) is 2. The number of para-hydroxylation sites is 1. The quantitative estimate of drug-likeness (QED) is 0.362. The fraction of sp³-hybridized carbons (Fsp3) is 0.250. The van der Waals surface area contributed by atoms with Crippen LogP contribution in [0.25, 0.3) is 10.9 Å². The third-order valence-corrected chi connectivity index (χ3v) is 5.00. The van der Waals surface area contributed by atoms with Gasteiger partial charge in [0.25, 0.3) is 5.56 Å². The van der Waals surface area contributed by atoms with E-state index in [0.29, 0.717) is 28.2 Å². The van der Waals surface area contributed by atoms with Gasteiger partial charge in [-0.1, -0.05) is 54.2 Å². The lowest BCUT2D eigenvalue weighted by atomic mass is 10.2. The number of rotatable bonds is 7. The molecule has 1 aromatic heterocycles. The van der Waals surface area contributed by atoms with E-state index >= 15 is 0 Å². The molecule has 0 unspecified atom stereocenters. The van der Waals surface area contributed by atoms with Crippen LogP contribution in [0.4, 0.5) is 0 Å². The van der Waals surface area contributed by atoms with Gasteiger partial charge in [-0.3, -0.25) is 14.2 Å². The topological polar surface area (TPSA) is 61.2 Å². The molecule has 0 fully saturated rings. The van der Waals surface area contributed by atoms with Crippen LogP contribution in [0.3, 0.4) is 0 Å². The van der Waals surface area contributed by atoms with Crippen LogP contribution in [0.15, 0.2) is 64.5 Å². The maximum absolute atomic E-state index is 12.9. The van der Waals surface area contributed by atoms with Crippen LogP contribution in [0, 0.1) is 0 Å². The molecule has 1 heterocycles. The van der Waals surface area contributed by atoms with Crippen molar-refractivity contribution in [1.82, 2.24) is 9.55 Å². The van der Waals surface area contributed by atoms with Gasteiger partial charge < -0.3 is 4.74 Å². The van der Waals surface area contributed by atoms with E-state index in [-0.39, 0.29) is 23.1 Å². The molecule has 0 bridgehead atoms. The van der Waals surface area contributed by atoms with E-state index < -0.39 is 0 Å². The number of carbonyl (C=O) groups excluding carboxylic acids is 1. The highest BCUT2D eigenvalue weighted by atomic mass is 32.2. The predicted octanol–water partition coefficient (Wildman–Crippen LogP) is 3.58. The van der Waals surface area contributed by atoms with Gasteiger partial charge in [0.15, 0.2) is 10.9 Å². The number of carbonyl (C=O) groups is 1. The SMILES string of the molecule is COC[C@@H](C)n1c(SCC(=O)c2ccccc2)nc2ccccc2c1=O. The predicted molar refractivity (Wildman–Crippen MR) is 104 cm³/mol. The maximum atomic E-state index is 12.9. The zero-order chi connectivity index (χ0) is 18.5. The number of ketones is 1. The van der Waals surface area contributed by atoms with Crippen molar-refractivity contribution in [2.75, 3.05) is 19.5 Å². The number of ether oxygens (including phenoxy) is 1. The Morgan fingerprint density at radius 1 is 1.15 bits per heavy atom. The average molecular weight is 368 g/mol. The van der Waals surface area contributed by atoms with Crippen LogP contribution >= 0.6 is 11.8 Å². The molecular formula is C20H20N2O3S. The van der Waals surface area contributed by atoms with Gasteiger partial charge in [-0.2, -0.15) is 0 Å². The number of Topliss-reactive ketones (excluding diaryl/α,β-unsaturated/α-hetero) is 1. The summed E-state index contributed by atoms with van der Waals surface area (Å²) in [7, 11) is 1.60. The van der Waals surface area contributed by atoms with Gasteiger partial charge in [0, 0.05) is 12.7 Å². The minimum absolute atomic E-state index is 0.00366. The van der Waals surface area contributed by atoms with E-state index in [1.807, 2.05) is 43.3 Å². The van der Waals surface area contributed by atoms with E-state index in [2.05, 4.69) is 4.98 Å². The van der Waals surface area contributed by atoms with Crippen molar-refractivity contribution in [3.63, 3.8) is 0 Å². The minimum atomic E-state index is -0.182. The Morgan fingerprint density at radius 2 is 1.85 bits per heavy atom. The van der Waals surface area contributed by atoms with Gasteiger partial charge in [0.1, 0.15) is 0 Å². The number of fused-ring (bicyclic) bond motifs is 1. The number of methoxy groups -OCH3 is 1. The summed E-state index contributed by atoms with van der Waals surface area (Å²) in [5, 5.41) is 1.09. The second-order valence-electron chi connectivity index (χ2n) is 5.97. The highest BCUT2D eigenvalue weighted by Crippen LogP contribution is 2.22. The van der Waals surface area contributed by atoms with Crippen LogP contribution in [0.2, 0.25) is 0 Å². The number of hydrogen-bond donors (Lipinski definition) is 0. The molecule has 6 heteroatoms. The number of hydrogen-bond acceptors (Lipinski definition) is 5. The lowest BCUT2D eigenvalue weighted by Gasteiger charge is -2.18. The van der Waals surface area contributed by atoms with Gasteiger partial charge in [0.2, 0.25) is 0 Å². The molecule has 0 N–H and O–H groups in total. The molecule has 1 atom stereocenters. The van der Waals surface area contributed by atoms with Crippen molar-refractivity contribution < 1.29 is 9.53 Å². The fourth-order valence-electron chi connectivity index (χ4n) is 2.77. The summed E-state index contributed by atoms with van der Waals surface area (Å²) in [6, 6.07) is 16.2. The standard InChI is InChI=1S/C20H20N2O3S/c1-14(12-25-2)22-19(24)16-10-6-7-11-17(16)21-20(22)26-13-18(23)15-8-4-3-5-9-15/h3-11,14H,12-13H2,1-2H3/t14-/m1/s1. The molecule has 0 aliphatic heterocycles. The van der Waals surface area contributed by atoms with Gasteiger partial charge in [0.05, 0.1) is 29.3 Å². The molecule has 0 aliphatic carbocycles. The van der Waals surface area contributed by atoms with E-state index in [4.69, 9.17) is 4.74 Å². The van der Waals surface area contributed by atoms with Crippen molar-refractivity contribution in [3.05, 3.63) is 70.5 Å². The van der Waals surface area contributed by atoms with Crippen molar-refractivity contribution in [2.24, 2.45) is 0 Å². The summed E-state index contributed by atoms with van der Waals surface area (Å²) >= 11 is 1.28. The molecule has 0 saturated carbocycles.